The van der Waals surface area contributed by atoms with Crippen molar-refractivity contribution in [3.8, 4) is 11.5 Å². The number of likely N-dealkylation sites (tertiary alicyclic amines) is 1. The van der Waals surface area contributed by atoms with Gasteiger partial charge in [0, 0.05) is 35.1 Å². The van der Waals surface area contributed by atoms with E-state index in [4.69, 9.17) is 9.47 Å². The monoisotopic (exact) mass is 446 g/mol. The molecule has 0 aromatic heterocycles. The zero-order valence-corrected chi connectivity index (χ0v) is 17.5. The second-order valence-electron chi connectivity index (χ2n) is 6.63. The number of piperidine rings is 1. The molecule has 6 nitrogen and oxygen atoms in total. The van der Waals surface area contributed by atoms with Gasteiger partial charge in [0.15, 0.2) is 0 Å². The van der Waals surface area contributed by atoms with Crippen molar-refractivity contribution in [3.05, 3.63) is 52.5 Å². The smallest absolute Gasteiger partial charge is 0.253 e. The van der Waals surface area contributed by atoms with Crippen molar-refractivity contribution in [2.75, 3.05) is 32.6 Å². The summed E-state index contributed by atoms with van der Waals surface area (Å²) < 4.78 is 11.4. The molecule has 0 bridgehead atoms. The van der Waals surface area contributed by atoms with Crippen LogP contribution in [0.5, 0.6) is 11.5 Å². The fourth-order valence-electron chi connectivity index (χ4n) is 3.26. The third-order valence-electron chi connectivity index (χ3n) is 4.91. The Morgan fingerprint density at radius 2 is 1.71 bits per heavy atom. The van der Waals surface area contributed by atoms with Crippen LogP contribution in [0.4, 0.5) is 5.69 Å². The number of hydrogen-bond acceptors (Lipinski definition) is 4. The Labute approximate surface area is 172 Å². The number of halogens is 1. The molecule has 2 amide bonds. The average molecular weight is 447 g/mol. The van der Waals surface area contributed by atoms with Crippen LogP contribution in [-0.4, -0.2) is 44.0 Å². The lowest BCUT2D eigenvalue weighted by molar-refractivity contribution is -0.121. The second-order valence-corrected chi connectivity index (χ2v) is 7.54. The van der Waals surface area contributed by atoms with E-state index in [-0.39, 0.29) is 17.7 Å². The van der Waals surface area contributed by atoms with Crippen LogP contribution in [0, 0.1) is 5.92 Å². The van der Waals surface area contributed by atoms with Crippen molar-refractivity contribution in [2.24, 2.45) is 5.92 Å². The van der Waals surface area contributed by atoms with Crippen molar-refractivity contribution in [1.82, 2.24) is 4.90 Å². The molecule has 7 heteroatoms. The average Bonchev–Trinajstić information content (AvgIpc) is 2.74. The van der Waals surface area contributed by atoms with Crippen LogP contribution >= 0.6 is 15.9 Å². The summed E-state index contributed by atoms with van der Waals surface area (Å²) >= 11 is 3.37. The first-order chi connectivity index (χ1) is 13.5. The van der Waals surface area contributed by atoms with Gasteiger partial charge in [-0.25, -0.2) is 0 Å². The van der Waals surface area contributed by atoms with Gasteiger partial charge in [0.25, 0.3) is 5.91 Å². The van der Waals surface area contributed by atoms with Gasteiger partial charge < -0.3 is 19.7 Å². The summed E-state index contributed by atoms with van der Waals surface area (Å²) in [5.74, 6) is 1.02. The number of benzene rings is 2. The summed E-state index contributed by atoms with van der Waals surface area (Å²) in [5, 5.41) is 2.94. The van der Waals surface area contributed by atoms with E-state index in [2.05, 4.69) is 21.2 Å². The number of carbonyl (C=O) groups is 2. The molecule has 2 aromatic carbocycles. The van der Waals surface area contributed by atoms with Crippen LogP contribution < -0.4 is 14.8 Å². The zero-order chi connectivity index (χ0) is 20.1. The van der Waals surface area contributed by atoms with Crippen molar-refractivity contribution in [2.45, 2.75) is 12.8 Å². The standard InChI is InChI=1S/C21H23BrN2O4/c1-27-17-7-8-18(19(13-17)28-2)23-20(25)14-9-11-24(12-10-14)21(26)15-3-5-16(22)6-4-15/h3-8,13-14H,9-12H2,1-2H3,(H,23,25). The molecule has 2 aromatic rings. The summed E-state index contributed by atoms with van der Waals surface area (Å²) in [4.78, 5) is 27.1. The van der Waals surface area contributed by atoms with Crippen molar-refractivity contribution >= 4 is 33.4 Å². The van der Waals surface area contributed by atoms with Gasteiger partial charge >= 0.3 is 0 Å². The SMILES string of the molecule is COc1ccc(NC(=O)C2CCN(C(=O)c3ccc(Br)cc3)CC2)c(OC)c1. The minimum Gasteiger partial charge on any atom is -0.497 e. The van der Waals surface area contributed by atoms with Gasteiger partial charge in [0.05, 0.1) is 19.9 Å². The first-order valence-corrected chi connectivity index (χ1v) is 9.89. The second kappa shape index (κ2) is 9.10. The van der Waals surface area contributed by atoms with E-state index in [1.54, 1.807) is 49.5 Å². The van der Waals surface area contributed by atoms with E-state index in [0.717, 1.165) is 4.47 Å². The summed E-state index contributed by atoms with van der Waals surface area (Å²) in [6, 6.07) is 12.6. The molecular formula is C21H23BrN2O4. The first kappa shape index (κ1) is 20.2. The van der Waals surface area contributed by atoms with Crippen LogP contribution in [0.3, 0.4) is 0 Å². The van der Waals surface area contributed by atoms with Gasteiger partial charge in [-0.3, -0.25) is 9.59 Å². The molecule has 0 unspecified atom stereocenters. The fourth-order valence-corrected chi connectivity index (χ4v) is 3.52. The number of ether oxygens (including phenoxy) is 2. The van der Waals surface area contributed by atoms with Crippen molar-refractivity contribution < 1.29 is 19.1 Å². The highest BCUT2D eigenvalue weighted by Crippen LogP contribution is 2.30. The number of amides is 2. The van der Waals surface area contributed by atoms with Crippen molar-refractivity contribution in [3.63, 3.8) is 0 Å². The molecule has 28 heavy (non-hydrogen) atoms. The lowest BCUT2D eigenvalue weighted by atomic mass is 9.95. The lowest BCUT2D eigenvalue weighted by Gasteiger charge is -2.31. The summed E-state index contributed by atoms with van der Waals surface area (Å²) in [6.45, 7) is 1.12. The minimum absolute atomic E-state index is 0.00295. The summed E-state index contributed by atoms with van der Waals surface area (Å²) in [7, 11) is 3.13. The molecule has 3 rings (SSSR count). The molecule has 1 aliphatic heterocycles. The number of anilines is 1. The molecule has 1 aliphatic rings. The Hall–Kier alpha value is -2.54. The Morgan fingerprint density at radius 3 is 2.32 bits per heavy atom. The van der Waals surface area contributed by atoms with E-state index < -0.39 is 0 Å². The highest BCUT2D eigenvalue weighted by atomic mass is 79.9. The lowest BCUT2D eigenvalue weighted by Crippen LogP contribution is -2.41. The summed E-state index contributed by atoms with van der Waals surface area (Å²) in [6.07, 6.45) is 1.26. The van der Waals surface area contributed by atoms with Gasteiger partial charge in [0.1, 0.15) is 11.5 Å². The highest BCUT2D eigenvalue weighted by Gasteiger charge is 2.28. The number of carbonyl (C=O) groups excluding carboxylic acids is 2. The maximum absolute atomic E-state index is 12.7. The number of rotatable bonds is 5. The largest absolute Gasteiger partial charge is 0.497 e. The topological polar surface area (TPSA) is 67.9 Å². The predicted octanol–water partition coefficient (Wildman–Crippen LogP) is 3.96. The third kappa shape index (κ3) is 4.65. The summed E-state index contributed by atoms with van der Waals surface area (Å²) in [5.41, 5.74) is 1.27. The quantitative estimate of drug-likeness (QED) is 0.754. The first-order valence-electron chi connectivity index (χ1n) is 9.09. The van der Waals surface area contributed by atoms with Crippen LogP contribution in [0.2, 0.25) is 0 Å². The Morgan fingerprint density at radius 1 is 1.04 bits per heavy atom. The molecule has 1 fully saturated rings. The Balaban J connectivity index is 1.58. The molecule has 0 aliphatic carbocycles. The van der Waals surface area contributed by atoms with Crippen LogP contribution in [-0.2, 0) is 4.79 Å². The van der Waals surface area contributed by atoms with Crippen LogP contribution in [0.15, 0.2) is 46.9 Å². The normalized spacial score (nSPS) is 14.5. The Bertz CT molecular complexity index is 846. The number of hydrogen-bond donors (Lipinski definition) is 1. The maximum Gasteiger partial charge on any atom is 0.253 e. The third-order valence-corrected chi connectivity index (χ3v) is 5.44. The highest BCUT2D eigenvalue weighted by molar-refractivity contribution is 9.10. The molecule has 0 atom stereocenters. The predicted molar refractivity (Wildman–Crippen MR) is 111 cm³/mol. The molecule has 1 heterocycles. The fraction of sp³-hybridized carbons (Fsp3) is 0.333. The van der Waals surface area contributed by atoms with Gasteiger partial charge in [0.2, 0.25) is 5.91 Å². The van der Waals surface area contributed by atoms with E-state index in [0.29, 0.717) is 48.7 Å². The molecular weight excluding hydrogens is 424 g/mol. The molecule has 1 N–H and O–H groups in total. The van der Waals surface area contributed by atoms with Crippen LogP contribution in [0.25, 0.3) is 0 Å². The minimum atomic E-state index is -0.138. The Kier molecular flexibility index (Phi) is 6.57. The van der Waals surface area contributed by atoms with E-state index in [1.165, 1.54) is 0 Å². The molecule has 0 spiro atoms. The van der Waals surface area contributed by atoms with E-state index in [1.807, 2.05) is 12.1 Å². The molecule has 1 saturated heterocycles. The maximum atomic E-state index is 12.7. The number of nitrogens with one attached hydrogen (secondary N) is 1. The molecule has 0 saturated carbocycles. The van der Waals surface area contributed by atoms with Crippen molar-refractivity contribution in [1.29, 1.82) is 0 Å². The van der Waals surface area contributed by atoms with Gasteiger partial charge in [-0.15, -0.1) is 0 Å². The molecule has 148 valence electrons. The van der Waals surface area contributed by atoms with E-state index >= 15 is 0 Å². The number of nitrogens with zero attached hydrogens (tertiary/aromatic N) is 1. The van der Waals surface area contributed by atoms with Gasteiger partial charge in [-0.1, -0.05) is 15.9 Å². The zero-order valence-electron chi connectivity index (χ0n) is 15.9. The van der Waals surface area contributed by atoms with E-state index in [9.17, 15) is 9.59 Å². The van der Waals surface area contributed by atoms with Gasteiger partial charge in [-0.05, 0) is 49.2 Å². The number of methoxy groups -OCH3 is 2. The molecule has 0 radical (unpaired) electrons. The van der Waals surface area contributed by atoms with Gasteiger partial charge in [-0.2, -0.15) is 0 Å². The van der Waals surface area contributed by atoms with Crippen LogP contribution in [0.1, 0.15) is 23.2 Å².